The first-order valence-electron chi connectivity index (χ1n) is 4.41. The van der Waals surface area contributed by atoms with E-state index in [9.17, 15) is 13.2 Å². The highest BCUT2D eigenvalue weighted by atomic mass is 19.4. The van der Waals surface area contributed by atoms with Gasteiger partial charge in [0.25, 0.3) is 0 Å². The first-order chi connectivity index (χ1) is 7.52. The molecule has 0 saturated heterocycles. The summed E-state index contributed by atoms with van der Waals surface area (Å²) in [7, 11) is 0. The fraction of sp³-hybridized carbons (Fsp3) is 0.222. The lowest BCUT2D eigenvalue weighted by molar-refractivity contribution is -0.141. The SMILES string of the molecule is NCn1nc(C(F)(F)F)cc1-c1ccco1. The van der Waals surface area contributed by atoms with Gasteiger partial charge in [0, 0.05) is 0 Å². The normalized spacial score (nSPS) is 12.0. The van der Waals surface area contributed by atoms with Crippen LogP contribution in [0.25, 0.3) is 11.5 Å². The maximum absolute atomic E-state index is 12.4. The van der Waals surface area contributed by atoms with Gasteiger partial charge < -0.3 is 10.2 Å². The van der Waals surface area contributed by atoms with Gasteiger partial charge >= 0.3 is 6.18 Å². The molecule has 0 unspecified atom stereocenters. The van der Waals surface area contributed by atoms with E-state index >= 15 is 0 Å². The van der Waals surface area contributed by atoms with Gasteiger partial charge in [-0.2, -0.15) is 18.3 Å². The second-order valence-electron chi connectivity index (χ2n) is 3.07. The van der Waals surface area contributed by atoms with Gasteiger partial charge in [0.1, 0.15) is 5.69 Å². The molecular formula is C9H8F3N3O. The fourth-order valence-corrected chi connectivity index (χ4v) is 1.32. The summed E-state index contributed by atoms with van der Waals surface area (Å²) in [5, 5.41) is 3.36. The van der Waals surface area contributed by atoms with Crippen LogP contribution in [-0.4, -0.2) is 9.78 Å². The second kappa shape index (κ2) is 3.67. The highest BCUT2D eigenvalue weighted by molar-refractivity contribution is 5.53. The molecular weight excluding hydrogens is 223 g/mol. The number of nitrogens with zero attached hydrogens (tertiary/aromatic N) is 2. The molecule has 2 N–H and O–H groups in total. The third-order valence-corrected chi connectivity index (χ3v) is 2.02. The number of rotatable bonds is 2. The fourth-order valence-electron chi connectivity index (χ4n) is 1.32. The Morgan fingerprint density at radius 2 is 2.19 bits per heavy atom. The number of halogens is 3. The minimum atomic E-state index is -4.48. The third-order valence-electron chi connectivity index (χ3n) is 2.02. The minimum absolute atomic E-state index is 0.147. The Morgan fingerprint density at radius 1 is 1.44 bits per heavy atom. The van der Waals surface area contributed by atoms with Crippen LogP contribution in [-0.2, 0) is 12.8 Å². The van der Waals surface area contributed by atoms with Crippen LogP contribution in [0, 0.1) is 0 Å². The molecule has 0 saturated carbocycles. The van der Waals surface area contributed by atoms with Crippen LogP contribution in [0.15, 0.2) is 28.9 Å². The van der Waals surface area contributed by atoms with Gasteiger partial charge in [0.2, 0.25) is 0 Å². The summed E-state index contributed by atoms with van der Waals surface area (Å²) in [5.41, 5.74) is 4.53. The third kappa shape index (κ3) is 1.81. The molecule has 0 atom stereocenters. The Bertz CT molecular complexity index is 473. The molecule has 7 heteroatoms. The van der Waals surface area contributed by atoms with Gasteiger partial charge in [-0.1, -0.05) is 0 Å². The van der Waals surface area contributed by atoms with Crippen LogP contribution in [0.1, 0.15) is 5.69 Å². The van der Waals surface area contributed by atoms with Crippen molar-refractivity contribution in [3.8, 4) is 11.5 Å². The van der Waals surface area contributed by atoms with Crippen LogP contribution in [0.4, 0.5) is 13.2 Å². The molecule has 0 amide bonds. The van der Waals surface area contributed by atoms with E-state index in [0.717, 1.165) is 10.7 Å². The van der Waals surface area contributed by atoms with Gasteiger partial charge in [-0.05, 0) is 18.2 Å². The smallest absolute Gasteiger partial charge is 0.435 e. The average molecular weight is 231 g/mol. The van der Waals surface area contributed by atoms with Crippen molar-refractivity contribution in [2.24, 2.45) is 5.73 Å². The first kappa shape index (κ1) is 10.7. The zero-order chi connectivity index (χ0) is 11.8. The quantitative estimate of drug-likeness (QED) is 0.860. The number of hydrogen-bond acceptors (Lipinski definition) is 3. The van der Waals surface area contributed by atoms with E-state index in [1.165, 1.54) is 6.26 Å². The zero-order valence-electron chi connectivity index (χ0n) is 8.03. The van der Waals surface area contributed by atoms with E-state index in [4.69, 9.17) is 10.2 Å². The van der Waals surface area contributed by atoms with Crippen molar-refractivity contribution < 1.29 is 17.6 Å². The van der Waals surface area contributed by atoms with E-state index in [2.05, 4.69) is 5.10 Å². The summed E-state index contributed by atoms with van der Waals surface area (Å²) in [6.07, 6.45) is -3.11. The standard InChI is InChI=1S/C9H8F3N3O/c10-9(11,12)8-4-6(15(5-13)14-8)7-2-1-3-16-7/h1-4H,5,13H2. The van der Waals surface area contributed by atoms with Crippen LogP contribution < -0.4 is 5.73 Å². The molecule has 0 spiro atoms. The molecule has 0 radical (unpaired) electrons. The highest BCUT2D eigenvalue weighted by Gasteiger charge is 2.35. The molecule has 86 valence electrons. The van der Waals surface area contributed by atoms with Crippen LogP contribution >= 0.6 is 0 Å². The van der Waals surface area contributed by atoms with E-state index < -0.39 is 11.9 Å². The minimum Gasteiger partial charge on any atom is -0.463 e. The summed E-state index contributed by atoms with van der Waals surface area (Å²) in [5.74, 6) is 0.299. The second-order valence-corrected chi connectivity index (χ2v) is 3.07. The largest absolute Gasteiger partial charge is 0.463 e. The topological polar surface area (TPSA) is 57.0 Å². The number of hydrogen-bond donors (Lipinski definition) is 1. The molecule has 0 fully saturated rings. The van der Waals surface area contributed by atoms with Crippen molar-refractivity contribution in [3.63, 3.8) is 0 Å². The molecule has 0 bridgehead atoms. The number of aromatic nitrogens is 2. The van der Waals surface area contributed by atoms with Gasteiger partial charge in [-0.3, -0.25) is 0 Å². The summed E-state index contributed by atoms with van der Waals surface area (Å²) >= 11 is 0. The van der Waals surface area contributed by atoms with Crippen molar-refractivity contribution in [1.29, 1.82) is 0 Å². The van der Waals surface area contributed by atoms with Crippen molar-refractivity contribution in [2.45, 2.75) is 12.8 Å². The van der Waals surface area contributed by atoms with Crippen molar-refractivity contribution in [3.05, 3.63) is 30.2 Å². The van der Waals surface area contributed by atoms with Crippen molar-refractivity contribution in [1.82, 2.24) is 9.78 Å². The van der Waals surface area contributed by atoms with Crippen molar-refractivity contribution >= 4 is 0 Å². The van der Waals surface area contributed by atoms with E-state index in [0.29, 0.717) is 5.76 Å². The van der Waals surface area contributed by atoms with Crippen molar-refractivity contribution in [2.75, 3.05) is 0 Å². The number of nitrogens with two attached hydrogens (primary N) is 1. The van der Waals surface area contributed by atoms with E-state index in [-0.39, 0.29) is 12.4 Å². The molecule has 0 aliphatic rings. The molecule has 0 aliphatic carbocycles. The molecule has 4 nitrogen and oxygen atoms in total. The van der Waals surface area contributed by atoms with Gasteiger partial charge in [0.15, 0.2) is 11.5 Å². The Morgan fingerprint density at radius 3 is 2.69 bits per heavy atom. The molecule has 2 aromatic rings. The molecule has 0 aromatic carbocycles. The highest BCUT2D eigenvalue weighted by Crippen LogP contribution is 2.31. The van der Waals surface area contributed by atoms with Gasteiger partial charge in [0.05, 0.1) is 12.9 Å². The van der Waals surface area contributed by atoms with E-state index in [1.54, 1.807) is 12.1 Å². The predicted octanol–water partition coefficient (Wildman–Crippen LogP) is 2.08. The Balaban J connectivity index is 2.50. The Kier molecular flexibility index (Phi) is 2.47. The molecule has 16 heavy (non-hydrogen) atoms. The molecule has 2 aromatic heterocycles. The summed E-state index contributed by atoms with van der Waals surface area (Å²) in [6.45, 7) is -0.147. The Labute approximate surface area is 88.5 Å². The van der Waals surface area contributed by atoms with Gasteiger partial charge in [-0.15, -0.1) is 0 Å². The number of furan rings is 1. The van der Waals surface area contributed by atoms with Crippen LogP contribution in [0.3, 0.4) is 0 Å². The summed E-state index contributed by atoms with van der Waals surface area (Å²) < 4.78 is 43.3. The summed E-state index contributed by atoms with van der Waals surface area (Å²) in [6, 6.07) is 4.03. The predicted molar refractivity (Wildman–Crippen MR) is 49.1 cm³/mol. The molecule has 2 rings (SSSR count). The lowest BCUT2D eigenvalue weighted by atomic mass is 10.3. The van der Waals surface area contributed by atoms with E-state index in [1.807, 2.05) is 0 Å². The lowest BCUT2D eigenvalue weighted by Gasteiger charge is -2.00. The zero-order valence-corrected chi connectivity index (χ0v) is 8.03. The van der Waals surface area contributed by atoms with Gasteiger partial charge in [-0.25, -0.2) is 4.68 Å². The monoisotopic (exact) mass is 231 g/mol. The Hall–Kier alpha value is -1.76. The lowest BCUT2D eigenvalue weighted by Crippen LogP contribution is -2.12. The maximum Gasteiger partial charge on any atom is 0.435 e. The summed E-state index contributed by atoms with van der Waals surface area (Å²) in [4.78, 5) is 0. The van der Waals surface area contributed by atoms with Crippen LogP contribution in [0.2, 0.25) is 0 Å². The van der Waals surface area contributed by atoms with Crippen LogP contribution in [0.5, 0.6) is 0 Å². The first-order valence-corrected chi connectivity index (χ1v) is 4.41. The molecule has 2 heterocycles. The number of alkyl halides is 3. The maximum atomic E-state index is 12.4. The average Bonchev–Trinajstić information content (AvgIpc) is 2.85. The molecule has 0 aliphatic heterocycles.